The van der Waals surface area contributed by atoms with Gasteiger partial charge in [0, 0.05) is 18.9 Å². The van der Waals surface area contributed by atoms with Crippen LogP contribution < -0.4 is 4.74 Å². The molecule has 1 aromatic carbocycles. The molecule has 26 heavy (non-hydrogen) atoms. The van der Waals surface area contributed by atoms with Crippen LogP contribution in [0.3, 0.4) is 0 Å². The molecule has 0 amide bonds. The molecule has 0 saturated heterocycles. The second-order valence-electron chi connectivity index (χ2n) is 5.53. The molecule has 1 aromatic heterocycles. The number of halogens is 3. The van der Waals surface area contributed by atoms with Gasteiger partial charge in [0.2, 0.25) is 5.88 Å². The summed E-state index contributed by atoms with van der Waals surface area (Å²) in [5, 5.41) is 0. The van der Waals surface area contributed by atoms with E-state index in [1.807, 2.05) is 30.3 Å². The summed E-state index contributed by atoms with van der Waals surface area (Å²) in [7, 11) is 0. The van der Waals surface area contributed by atoms with Crippen LogP contribution in [0, 0.1) is 0 Å². The molecule has 2 aromatic rings. The molecule has 0 aliphatic carbocycles. The van der Waals surface area contributed by atoms with Crippen molar-refractivity contribution < 1.29 is 27.4 Å². The third-order valence-corrected chi connectivity index (χ3v) is 4.29. The molecule has 0 bridgehead atoms. The zero-order chi connectivity index (χ0) is 19.2. The SMILES string of the molecule is CC(=O)O[C@H](C)COc1ncc(C(F)(F)F)cc1SCc1ccccc1. The van der Waals surface area contributed by atoms with Crippen molar-refractivity contribution in [1.29, 1.82) is 0 Å². The number of thioether (sulfide) groups is 1. The van der Waals surface area contributed by atoms with Crippen molar-refractivity contribution in [3.8, 4) is 5.88 Å². The van der Waals surface area contributed by atoms with E-state index >= 15 is 0 Å². The van der Waals surface area contributed by atoms with E-state index in [2.05, 4.69) is 4.98 Å². The Morgan fingerprint density at radius 3 is 2.58 bits per heavy atom. The summed E-state index contributed by atoms with van der Waals surface area (Å²) >= 11 is 1.20. The molecule has 2 rings (SSSR count). The molecule has 0 aliphatic rings. The molecule has 0 aliphatic heterocycles. The van der Waals surface area contributed by atoms with Crippen LogP contribution in [0.2, 0.25) is 0 Å². The molecule has 0 unspecified atom stereocenters. The summed E-state index contributed by atoms with van der Waals surface area (Å²) in [5.41, 5.74) is 0.127. The number of hydrogen-bond acceptors (Lipinski definition) is 5. The van der Waals surface area contributed by atoms with Gasteiger partial charge in [-0.3, -0.25) is 4.79 Å². The van der Waals surface area contributed by atoms with Gasteiger partial charge in [0.1, 0.15) is 12.7 Å². The zero-order valence-electron chi connectivity index (χ0n) is 14.2. The second kappa shape index (κ2) is 8.93. The Labute approximate surface area is 153 Å². The minimum atomic E-state index is -4.49. The molecule has 1 heterocycles. The smallest absolute Gasteiger partial charge is 0.417 e. The molecule has 0 fully saturated rings. The quantitative estimate of drug-likeness (QED) is 0.510. The fourth-order valence-corrected chi connectivity index (χ4v) is 3.01. The van der Waals surface area contributed by atoms with Gasteiger partial charge in [-0.05, 0) is 18.6 Å². The second-order valence-corrected chi connectivity index (χ2v) is 6.55. The highest BCUT2D eigenvalue weighted by Gasteiger charge is 2.32. The maximum atomic E-state index is 13.0. The minimum absolute atomic E-state index is 0.00313. The summed E-state index contributed by atoms with van der Waals surface area (Å²) in [6, 6.07) is 10.4. The fourth-order valence-electron chi connectivity index (χ4n) is 2.05. The number of pyridine rings is 1. The fraction of sp³-hybridized carbons (Fsp3) is 0.333. The average Bonchev–Trinajstić information content (AvgIpc) is 2.58. The lowest BCUT2D eigenvalue weighted by Gasteiger charge is -2.16. The lowest BCUT2D eigenvalue weighted by Crippen LogP contribution is -2.21. The van der Waals surface area contributed by atoms with Crippen LogP contribution in [0.1, 0.15) is 25.0 Å². The molecule has 0 radical (unpaired) electrons. The number of ether oxygens (including phenoxy) is 2. The first-order valence-electron chi connectivity index (χ1n) is 7.79. The molecule has 0 saturated carbocycles. The highest BCUT2D eigenvalue weighted by molar-refractivity contribution is 7.98. The summed E-state index contributed by atoms with van der Waals surface area (Å²) in [4.78, 5) is 15.0. The van der Waals surface area contributed by atoms with Crippen molar-refractivity contribution in [2.24, 2.45) is 0 Å². The average molecular weight is 385 g/mol. The molecule has 140 valence electrons. The van der Waals surface area contributed by atoms with Crippen molar-refractivity contribution in [2.45, 2.75) is 36.8 Å². The third kappa shape index (κ3) is 6.25. The first-order valence-corrected chi connectivity index (χ1v) is 8.78. The summed E-state index contributed by atoms with van der Waals surface area (Å²) < 4.78 is 49.3. The lowest BCUT2D eigenvalue weighted by molar-refractivity contribution is -0.147. The Hall–Kier alpha value is -2.22. The largest absolute Gasteiger partial charge is 0.473 e. The predicted octanol–water partition coefficient (Wildman–Crippen LogP) is 4.72. The van der Waals surface area contributed by atoms with Gasteiger partial charge in [-0.1, -0.05) is 30.3 Å². The third-order valence-electron chi connectivity index (χ3n) is 3.20. The van der Waals surface area contributed by atoms with Crippen molar-refractivity contribution in [3.05, 3.63) is 53.7 Å². The number of alkyl halides is 3. The van der Waals surface area contributed by atoms with Crippen LogP contribution in [0.5, 0.6) is 5.88 Å². The number of hydrogen-bond donors (Lipinski definition) is 0. The van der Waals surface area contributed by atoms with Gasteiger partial charge >= 0.3 is 12.1 Å². The minimum Gasteiger partial charge on any atom is -0.473 e. The van der Waals surface area contributed by atoms with Crippen LogP contribution in [0.25, 0.3) is 0 Å². The highest BCUT2D eigenvalue weighted by Crippen LogP contribution is 2.36. The van der Waals surface area contributed by atoms with Crippen molar-refractivity contribution in [1.82, 2.24) is 4.98 Å². The van der Waals surface area contributed by atoms with Gasteiger partial charge in [-0.25, -0.2) is 4.98 Å². The van der Waals surface area contributed by atoms with E-state index in [4.69, 9.17) is 9.47 Å². The van der Waals surface area contributed by atoms with E-state index in [1.54, 1.807) is 6.92 Å². The van der Waals surface area contributed by atoms with Gasteiger partial charge in [-0.15, -0.1) is 11.8 Å². The molecule has 8 heteroatoms. The Bertz CT molecular complexity index is 738. The zero-order valence-corrected chi connectivity index (χ0v) is 15.1. The summed E-state index contributed by atoms with van der Waals surface area (Å²) in [6.07, 6.45) is -4.29. The number of carbonyl (C=O) groups excluding carboxylic acids is 1. The van der Waals surface area contributed by atoms with E-state index in [-0.39, 0.29) is 17.4 Å². The van der Waals surface area contributed by atoms with E-state index in [0.717, 1.165) is 17.8 Å². The van der Waals surface area contributed by atoms with Gasteiger partial charge in [-0.2, -0.15) is 13.2 Å². The van der Waals surface area contributed by atoms with Crippen LogP contribution in [0.4, 0.5) is 13.2 Å². The van der Waals surface area contributed by atoms with Crippen molar-refractivity contribution in [3.63, 3.8) is 0 Å². The molecular weight excluding hydrogens is 367 g/mol. The van der Waals surface area contributed by atoms with Gasteiger partial charge < -0.3 is 9.47 Å². The maximum Gasteiger partial charge on any atom is 0.417 e. The van der Waals surface area contributed by atoms with E-state index < -0.39 is 23.8 Å². The topological polar surface area (TPSA) is 48.4 Å². The van der Waals surface area contributed by atoms with Gasteiger partial charge in [0.05, 0.1) is 10.5 Å². The van der Waals surface area contributed by atoms with Crippen LogP contribution in [-0.2, 0) is 21.5 Å². The number of rotatable bonds is 7. The Balaban J connectivity index is 2.15. The number of aromatic nitrogens is 1. The van der Waals surface area contributed by atoms with Crippen LogP contribution in [0.15, 0.2) is 47.5 Å². The van der Waals surface area contributed by atoms with Gasteiger partial charge in [0.15, 0.2) is 0 Å². The maximum absolute atomic E-state index is 13.0. The Morgan fingerprint density at radius 1 is 1.27 bits per heavy atom. The standard InChI is InChI=1S/C18H18F3NO3S/c1-12(25-13(2)23)10-24-17-16(8-15(9-22-17)18(19,20)21)26-11-14-6-4-3-5-7-14/h3-9,12H,10-11H2,1-2H3/t12-/m1/s1. The van der Waals surface area contributed by atoms with E-state index in [0.29, 0.717) is 5.75 Å². The molecular formula is C18H18F3NO3S. The van der Waals surface area contributed by atoms with Crippen molar-refractivity contribution >= 4 is 17.7 Å². The summed E-state index contributed by atoms with van der Waals surface area (Å²) in [6.45, 7) is 2.90. The molecule has 4 nitrogen and oxygen atoms in total. The Kier molecular flexibility index (Phi) is 6.90. The lowest BCUT2D eigenvalue weighted by atomic mass is 10.2. The number of benzene rings is 1. The Morgan fingerprint density at radius 2 is 1.96 bits per heavy atom. The first-order chi connectivity index (χ1) is 12.3. The monoisotopic (exact) mass is 385 g/mol. The predicted molar refractivity (Wildman–Crippen MR) is 92.0 cm³/mol. The van der Waals surface area contributed by atoms with Crippen LogP contribution >= 0.6 is 11.8 Å². The number of carbonyl (C=O) groups is 1. The summed E-state index contributed by atoms with van der Waals surface area (Å²) in [5.74, 6) is 0.0951. The number of esters is 1. The van der Waals surface area contributed by atoms with E-state index in [1.165, 1.54) is 18.7 Å². The number of nitrogens with zero attached hydrogens (tertiary/aromatic N) is 1. The highest BCUT2D eigenvalue weighted by atomic mass is 32.2. The molecule has 0 N–H and O–H groups in total. The van der Waals surface area contributed by atoms with E-state index in [9.17, 15) is 18.0 Å². The van der Waals surface area contributed by atoms with Gasteiger partial charge in [0.25, 0.3) is 0 Å². The normalized spacial score (nSPS) is 12.5. The van der Waals surface area contributed by atoms with Crippen molar-refractivity contribution in [2.75, 3.05) is 6.61 Å². The molecule has 1 atom stereocenters. The van der Waals surface area contributed by atoms with Crippen LogP contribution in [-0.4, -0.2) is 23.7 Å². The molecule has 0 spiro atoms. The first kappa shape index (κ1) is 20.1.